The van der Waals surface area contributed by atoms with Gasteiger partial charge in [-0.2, -0.15) is 9.29 Å². The van der Waals surface area contributed by atoms with Crippen molar-refractivity contribution in [2.45, 2.75) is 73.5 Å². The first-order chi connectivity index (χ1) is 28.0. The fourth-order valence-electron chi connectivity index (χ4n) is 9.43. The van der Waals surface area contributed by atoms with Gasteiger partial charge >= 0.3 is 0 Å². The monoisotopic (exact) mass is 810 g/mol. The summed E-state index contributed by atoms with van der Waals surface area (Å²) >= 11 is 0. The van der Waals surface area contributed by atoms with Crippen molar-refractivity contribution >= 4 is 57.2 Å². The van der Waals surface area contributed by atoms with Crippen molar-refractivity contribution in [3.63, 3.8) is 0 Å². The summed E-state index contributed by atoms with van der Waals surface area (Å²) in [7, 11) is -0.377. The molecule has 9 rings (SSSR count). The van der Waals surface area contributed by atoms with Gasteiger partial charge in [0.05, 0.1) is 10.3 Å². The van der Waals surface area contributed by atoms with Crippen LogP contribution in [0.15, 0.2) is 53.6 Å². The summed E-state index contributed by atoms with van der Waals surface area (Å²) < 4.78 is 29.2. The zero-order valence-corrected chi connectivity index (χ0v) is 33.8. The third kappa shape index (κ3) is 6.66. The smallest absolute Gasteiger partial charge is 0.255 e. The molecule has 0 bridgehead atoms. The van der Waals surface area contributed by atoms with E-state index in [0.717, 1.165) is 80.9 Å². The minimum atomic E-state index is -3.68. The summed E-state index contributed by atoms with van der Waals surface area (Å²) in [6.07, 6.45) is 5.97. The van der Waals surface area contributed by atoms with E-state index in [4.69, 9.17) is 0 Å². The van der Waals surface area contributed by atoms with Gasteiger partial charge in [-0.1, -0.05) is 6.07 Å². The summed E-state index contributed by atoms with van der Waals surface area (Å²) in [6, 6.07) is 12.9. The predicted octanol–water partition coefficient (Wildman–Crippen LogP) is 1.81. The minimum Gasteiger partial charge on any atom is -0.369 e. The van der Waals surface area contributed by atoms with Crippen LogP contribution < -0.4 is 25.3 Å². The first-order valence-electron chi connectivity index (χ1n) is 20.4. The number of anilines is 4. The lowest BCUT2D eigenvalue weighted by Gasteiger charge is -2.49. The van der Waals surface area contributed by atoms with Crippen LogP contribution in [-0.2, 0) is 36.4 Å². The highest BCUT2D eigenvalue weighted by atomic mass is 32.2. The molecular weight excluding hydrogens is 761 g/mol. The molecule has 17 heteroatoms. The summed E-state index contributed by atoms with van der Waals surface area (Å²) in [5, 5.41) is 6.01. The molecule has 3 aromatic rings. The Labute approximate surface area is 338 Å². The summed E-state index contributed by atoms with van der Waals surface area (Å²) in [5.74, 6) is 0.774. The Kier molecular flexibility index (Phi) is 9.87. The van der Waals surface area contributed by atoms with Crippen molar-refractivity contribution < 1.29 is 27.6 Å². The van der Waals surface area contributed by atoms with Gasteiger partial charge in [0.1, 0.15) is 18.1 Å². The van der Waals surface area contributed by atoms with E-state index >= 15 is 0 Å². The normalized spacial score (nSPS) is 21.6. The fourth-order valence-corrected chi connectivity index (χ4v) is 10.9. The molecule has 2 aromatic carbocycles. The lowest BCUT2D eigenvalue weighted by molar-refractivity contribution is -0.125. The van der Waals surface area contributed by atoms with Crippen LogP contribution in [0.25, 0.3) is 0 Å². The Morgan fingerprint density at radius 1 is 0.983 bits per heavy atom. The van der Waals surface area contributed by atoms with E-state index in [1.54, 1.807) is 46.5 Å². The van der Waals surface area contributed by atoms with E-state index in [-0.39, 0.29) is 36.6 Å². The summed E-state index contributed by atoms with van der Waals surface area (Å²) in [4.78, 5) is 69.3. The van der Waals surface area contributed by atoms with Crippen LogP contribution in [0.2, 0.25) is 0 Å². The molecule has 306 valence electrons. The number of sulfonamides is 1. The van der Waals surface area contributed by atoms with Gasteiger partial charge in [-0.15, -0.1) is 0 Å². The molecule has 0 radical (unpaired) electrons. The lowest BCUT2D eigenvalue weighted by atomic mass is 10.0. The van der Waals surface area contributed by atoms with Crippen LogP contribution in [0.1, 0.15) is 60.0 Å². The van der Waals surface area contributed by atoms with E-state index < -0.39 is 21.5 Å². The molecule has 1 spiro atoms. The van der Waals surface area contributed by atoms with E-state index in [0.29, 0.717) is 60.7 Å². The Balaban J connectivity index is 0.755. The van der Waals surface area contributed by atoms with Crippen molar-refractivity contribution in [3.05, 3.63) is 65.4 Å². The number of piperidine rings is 1. The predicted molar refractivity (Wildman–Crippen MR) is 217 cm³/mol. The lowest BCUT2D eigenvalue weighted by Crippen LogP contribution is -2.63. The van der Waals surface area contributed by atoms with Crippen LogP contribution in [-0.4, -0.2) is 141 Å². The number of amides is 3. The maximum Gasteiger partial charge on any atom is 0.255 e. The highest BCUT2D eigenvalue weighted by molar-refractivity contribution is 7.89. The van der Waals surface area contributed by atoms with Gasteiger partial charge in [0, 0.05) is 120 Å². The number of hydrogen-bond acceptors (Lipinski definition) is 12. The number of nitrogens with zero attached hydrogens (tertiary/aromatic N) is 8. The highest BCUT2D eigenvalue weighted by Gasteiger charge is 2.59. The zero-order valence-electron chi connectivity index (χ0n) is 33.0. The number of carbonyl (C=O) groups is 4. The van der Waals surface area contributed by atoms with Crippen molar-refractivity contribution in [3.8, 4) is 0 Å². The van der Waals surface area contributed by atoms with E-state index in [1.807, 2.05) is 24.3 Å². The third-order valence-electron chi connectivity index (χ3n) is 13.1. The molecule has 1 aliphatic carbocycles. The van der Waals surface area contributed by atoms with Crippen LogP contribution in [0, 0.1) is 0 Å². The van der Waals surface area contributed by atoms with Crippen LogP contribution in [0.5, 0.6) is 0 Å². The second-order valence-corrected chi connectivity index (χ2v) is 18.4. The van der Waals surface area contributed by atoms with Crippen LogP contribution in [0.3, 0.4) is 0 Å². The number of hydrogen-bond donors (Lipinski definition) is 2. The van der Waals surface area contributed by atoms with Gasteiger partial charge in [0.25, 0.3) is 5.91 Å². The first-order valence-corrected chi connectivity index (χ1v) is 21.8. The van der Waals surface area contributed by atoms with Gasteiger partial charge in [-0.3, -0.25) is 24.2 Å². The number of piperazine rings is 1. The van der Waals surface area contributed by atoms with Crippen molar-refractivity contribution in [1.29, 1.82) is 0 Å². The molecule has 58 heavy (non-hydrogen) atoms. The molecule has 2 N–H and O–H groups in total. The van der Waals surface area contributed by atoms with Gasteiger partial charge < -0.3 is 30.1 Å². The molecule has 1 unspecified atom stereocenters. The maximum atomic E-state index is 13.8. The van der Waals surface area contributed by atoms with E-state index in [2.05, 4.69) is 41.4 Å². The molecule has 6 heterocycles. The average molecular weight is 811 g/mol. The molecule has 4 fully saturated rings. The molecule has 3 saturated heterocycles. The van der Waals surface area contributed by atoms with E-state index in [9.17, 15) is 27.6 Å². The molecule has 3 amide bonds. The van der Waals surface area contributed by atoms with Gasteiger partial charge in [-0.05, 0) is 74.1 Å². The Hall–Kier alpha value is -5.13. The SMILES string of the molecule is CNC(=O)C(CCC=O)N1Cc2cc(N3CCN(C4CN(c5cccc(S(=O)(=O)N6CCC(Nc7ncc8c(n7)N(C)C(=O)C87CC7)CC6)c5)C4)CC3)ccc2C1=O. The Bertz CT molecular complexity index is 2250. The molecule has 5 aliphatic heterocycles. The van der Waals surface area contributed by atoms with Gasteiger partial charge in [0.2, 0.25) is 27.8 Å². The maximum absolute atomic E-state index is 13.8. The number of aldehydes is 1. The van der Waals surface area contributed by atoms with Crippen molar-refractivity contribution in [2.75, 3.05) is 86.5 Å². The summed E-state index contributed by atoms with van der Waals surface area (Å²) in [6.45, 7) is 6.21. The topological polar surface area (TPSA) is 172 Å². The second kappa shape index (κ2) is 14.9. The Morgan fingerprint density at radius 3 is 2.43 bits per heavy atom. The molecular formula is C41H50N10O6S. The van der Waals surface area contributed by atoms with Crippen molar-refractivity contribution in [1.82, 2.24) is 29.4 Å². The standard InChI is InChI=1S/C41H50N10O6S/c1-42-37(53)35(7-4-20-52)51-24-27-21-30(8-9-33(27)38(51)54)47-16-18-48(19-17-47)31-25-49(26-31)29-5-3-6-32(22-29)58(56,57)50-14-10-28(11-15-50)44-40-43-23-34-36(45-40)46(2)39(55)41(34)12-13-41/h3,5-6,8-9,20-23,28,31,35H,4,7,10-19,24-26H2,1-2H3,(H,42,53)(H,43,44,45). The van der Waals surface area contributed by atoms with Crippen LogP contribution in [0.4, 0.5) is 23.1 Å². The third-order valence-corrected chi connectivity index (χ3v) is 15.0. The molecule has 1 saturated carbocycles. The van der Waals surface area contributed by atoms with Crippen LogP contribution >= 0.6 is 0 Å². The average Bonchev–Trinajstić information content (AvgIpc) is 3.93. The molecule has 1 atom stereocenters. The summed E-state index contributed by atoms with van der Waals surface area (Å²) in [5.41, 5.74) is 3.95. The second-order valence-electron chi connectivity index (χ2n) is 16.4. The molecule has 1 aromatic heterocycles. The fraction of sp³-hybridized carbons (Fsp3) is 0.512. The molecule has 16 nitrogen and oxygen atoms in total. The zero-order chi connectivity index (χ0) is 40.3. The first kappa shape index (κ1) is 38.4. The number of rotatable bonds is 12. The number of likely N-dealkylation sites (N-methyl/N-ethyl adjacent to an activating group) is 2. The number of carbonyl (C=O) groups excluding carboxylic acids is 4. The van der Waals surface area contributed by atoms with Gasteiger partial charge in [-0.25, -0.2) is 13.4 Å². The molecule has 6 aliphatic rings. The van der Waals surface area contributed by atoms with Gasteiger partial charge in [0.15, 0.2) is 0 Å². The largest absolute Gasteiger partial charge is 0.369 e. The van der Waals surface area contributed by atoms with Crippen molar-refractivity contribution in [2.24, 2.45) is 0 Å². The quantitative estimate of drug-likeness (QED) is 0.255. The highest BCUT2D eigenvalue weighted by Crippen LogP contribution is 2.56. The minimum absolute atomic E-state index is 0.0213. The number of nitrogens with one attached hydrogen (secondary N) is 2. The Morgan fingerprint density at radius 2 is 1.72 bits per heavy atom. The number of fused-ring (bicyclic) bond motifs is 3. The number of aromatic nitrogens is 2. The van der Waals surface area contributed by atoms with E-state index in [1.165, 1.54) is 0 Å². The number of benzene rings is 2.